The minimum atomic E-state index is -0.382. The van der Waals surface area contributed by atoms with E-state index in [4.69, 9.17) is 0 Å². The highest BCUT2D eigenvalue weighted by molar-refractivity contribution is 9.10. The highest BCUT2D eigenvalue weighted by Gasteiger charge is 2.36. The lowest BCUT2D eigenvalue weighted by atomic mass is 10.1. The predicted octanol–water partition coefficient (Wildman–Crippen LogP) is 3.17. The first-order valence-electron chi connectivity index (χ1n) is 5.89. The van der Waals surface area contributed by atoms with Gasteiger partial charge in [0.05, 0.1) is 5.69 Å². The van der Waals surface area contributed by atoms with Gasteiger partial charge in [0, 0.05) is 17.6 Å². The van der Waals surface area contributed by atoms with Crippen molar-refractivity contribution in [2.45, 2.75) is 32.9 Å². The molecule has 0 saturated heterocycles. The first kappa shape index (κ1) is 13.3. The Morgan fingerprint density at radius 1 is 1.39 bits per heavy atom. The number of fused-ring (bicyclic) bond motifs is 1. The van der Waals surface area contributed by atoms with E-state index in [0.717, 1.165) is 5.69 Å². The van der Waals surface area contributed by atoms with Crippen molar-refractivity contribution < 1.29 is 9.18 Å². The molecule has 0 bridgehead atoms. The maximum Gasteiger partial charge on any atom is 0.249 e. The van der Waals surface area contributed by atoms with Gasteiger partial charge in [-0.25, -0.2) is 4.39 Å². The molecule has 1 heterocycles. The van der Waals surface area contributed by atoms with Gasteiger partial charge >= 0.3 is 0 Å². The summed E-state index contributed by atoms with van der Waals surface area (Å²) in [6.45, 7) is 5.84. The minimum absolute atomic E-state index is 0.0857. The molecular formula is C13H16BrFN2O. The summed E-state index contributed by atoms with van der Waals surface area (Å²) in [5.41, 5.74) is 1.11. The number of carbonyl (C=O) groups is 1. The van der Waals surface area contributed by atoms with Crippen molar-refractivity contribution >= 4 is 33.2 Å². The first-order valence-corrected chi connectivity index (χ1v) is 6.68. The molecule has 1 unspecified atom stereocenters. The third kappa shape index (κ3) is 1.90. The summed E-state index contributed by atoms with van der Waals surface area (Å²) in [7, 11) is 1.62. The summed E-state index contributed by atoms with van der Waals surface area (Å²) in [5.74, 6) is -0.467. The molecule has 1 aromatic carbocycles. The predicted molar refractivity (Wildman–Crippen MR) is 74.6 cm³/mol. The summed E-state index contributed by atoms with van der Waals surface area (Å²) in [6, 6.07) is 3.09. The van der Waals surface area contributed by atoms with Crippen LogP contribution in [-0.2, 0) is 4.79 Å². The maximum atomic E-state index is 14.1. The second-order valence-electron chi connectivity index (χ2n) is 4.83. The lowest BCUT2D eigenvalue weighted by Crippen LogP contribution is -2.53. The molecular weight excluding hydrogens is 299 g/mol. The Bertz CT molecular complexity index is 504. The summed E-state index contributed by atoms with van der Waals surface area (Å²) in [6.07, 6.45) is 0. The molecule has 0 saturated carbocycles. The first-order chi connectivity index (χ1) is 8.34. The van der Waals surface area contributed by atoms with Gasteiger partial charge in [-0.3, -0.25) is 4.79 Å². The van der Waals surface area contributed by atoms with E-state index in [9.17, 15) is 9.18 Å². The number of likely N-dealkylation sites (N-methyl/N-ethyl adjacent to an activating group) is 1. The molecule has 3 nitrogen and oxygen atoms in total. The molecule has 1 amide bonds. The van der Waals surface area contributed by atoms with Crippen LogP contribution in [0.5, 0.6) is 0 Å². The zero-order valence-electron chi connectivity index (χ0n) is 10.9. The number of halogens is 2. The van der Waals surface area contributed by atoms with E-state index in [2.05, 4.69) is 15.9 Å². The van der Waals surface area contributed by atoms with E-state index in [0.29, 0.717) is 10.2 Å². The van der Waals surface area contributed by atoms with Crippen LogP contribution >= 0.6 is 15.9 Å². The number of carbonyl (C=O) groups excluding carboxylic acids is 1. The van der Waals surface area contributed by atoms with Gasteiger partial charge in [-0.15, -0.1) is 0 Å². The van der Waals surface area contributed by atoms with E-state index >= 15 is 0 Å². The average Bonchev–Trinajstić information content (AvgIpc) is 2.24. The summed E-state index contributed by atoms with van der Waals surface area (Å²) in [5, 5.41) is 0. The third-order valence-electron chi connectivity index (χ3n) is 3.28. The highest BCUT2D eigenvalue weighted by atomic mass is 79.9. The van der Waals surface area contributed by atoms with Gasteiger partial charge in [0.15, 0.2) is 0 Å². The van der Waals surface area contributed by atoms with Gasteiger partial charge in [0.1, 0.15) is 17.5 Å². The number of nitrogens with zero attached hydrogens (tertiary/aromatic N) is 2. The number of amides is 1. The van der Waals surface area contributed by atoms with Gasteiger partial charge < -0.3 is 9.80 Å². The molecule has 18 heavy (non-hydrogen) atoms. The molecule has 0 N–H and O–H groups in total. The van der Waals surface area contributed by atoms with Gasteiger partial charge in [0.25, 0.3) is 0 Å². The van der Waals surface area contributed by atoms with E-state index < -0.39 is 0 Å². The molecule has 0 radical (unpaired) electrons. The summed E-state index contributed by atoms with van der Waals surface area (Å²) in [4.78, 5) is 15.5. The van der Waals surface area contributed by atoms with Crippen molar-refractivity contribution in [3.8, 4) is 0 Å². The van der Waals surface area contributed by atoms with Crippen molar-refractivity contribution in [3.05, 3.63) is 22.4 Å². The van der Waals surface area contributed by atoms with Crippen molar-refractivity contribution in [2.75, 3.05) is 16.8 Å². The minimum Gasteiger partial charge on any atom is -0.356 e. The topological polar surface area (TPSA) is 23.6 Å². The van der Waals surface area contributed by atoms with E-state index in [1.54, 1.807) is 7.05 Å². The zero-order chi connectivity index (χ0) is 13.6. The Morgan fingerprint density at radius 3 is 2.56 bits per heavy atom. The standard InChI is InChI=1S/C13H16BrFN2O/c1-7(2)17-8(3)13(18)16(4)12-10(15)5-9(14)6-11(12)17/h5-8H,1-4H3. The largest absolute Gasteiger partial charge is 0.356 e. The van der Waals surface area contributed by atoms with Gasteiger partial charge in [0.2, 0.25) is 5.91 Å². The van der Waals surface area contributed by atoms with Crippen LogP contribution in [0.3, 0.4) is 0 Å². The number of hydrogen-bond donors (Lipinski definition) is 0. The van der Waals surface area contributed by atoms with E-state index in [1.165, 1.54) is 11.0 Å². The average molecular weight is 315 g/mol. The molecule has 1 atom stereocenters. The van der Waals surface area contributed by atoms with Gasteiger partial charge in [-0.2, -0.15) is 0 Å². The Balaban J connectivity index is 2.69. The summed E-state index contributed by atoms with van der Waals surface area (Å²) < 4.78 is 14.7. The number of benzene rings is 1. The van der Waals surface area contributed by atoms with Crippen LogP contribution in [0.15, 0.2) is 16.6 Å². The van der Waals surface area contributed by atoms with E-state index in [1.807, 2.05) is 31.7 Å². The SMILES string of the molecule is CC(C)N1c2cc(Br)cc(F)c2N(C)C(=O)C1C. The fourth-order valence-corrected chi connectivity index (χ4v) is 2.94. The normalized spacial score (nSPS) is 19.5. The smallest absolute Gasteiger partial charge is 0.249 e. The molecule has 0 aliphatic carbocycles. The quantitative estimate of drug-likeness (QED) is 0.795. The van der Waals surface area contributed by atoms with Crippen molar-refractivity contribution in [2.24, 2.45) is 0 Å². The number of anilines is 2. The lowest BCUT2D eigenvalue weighted by molar-refractivity contribution is -0.119. The molecule has 5 heteroatoms. The van der Waals surface area contributed by atoms with Gasteiger partial charge in [-0.1, -0.05) is 15.9 Å². The Morgan fingerprint density at radius 2 is 2.00 bits per heavy atom. The van der Waals surface area contributed by atoms with Crippen LogP contribution in [-0.4, -0.2) is 25.0 Å². The van der Waals surface area contributed by atoms with Crippen LogP contribution in [0.25, 0.3) is 0 Å². The molecule has 98 valence electrons. The van der Waals surface area contributed by atoms with Crippen molar-refractivity contribution in [1.82, 2.24) is 0 Å². The molecule has 0 spiro atoms. The van der Waals surface area contributed by atoms with Crippen molar-refractivity contribution in [1.29, 1.82) is 0 Å². The fourth-order valence-electron chi connectivity index (χ4n) is 2.52. The maximum absolute atomic E-state index is 14.1. The monoisotopic (exact) mass is 314 g/mol. The van der Waals surface area contributed by atoms with Crippen LogP contribution in [0.1, 0.15) is 20.8 Å². The molecule has 1 aromatic rings. The molecule has 2 rings (SSSR count). The highest BCUT2D eigenvalue weighted by Crippen LogP contribution is 2.40. The third-order valence-corrected chi connectivity index (χ3v) is 3.74. The Kier molecular flexibility index (Phi) is 3.36. The zero-order valence-corrected chi connectivity index (χ0v) is 12.5. The van der Waals surface area contributed by atoms with Crippen molar-refractivity contribution in [3.63, 3.8) is 0 Å². The number of rotatable bonds is 1. The van der Waals surface area contributed by atoms with Crippen LogP contribution in [0.4, 0.5) is 15.8 Å². The van der Waals surface area contributed by atoms with Crippen LogP contribution in [0, 0.1) is 5.82 Å². The molecule has 1 aliphatic heterocycles. The second kappa shape index (κ2) is 4.53. The number of hydrogen-bond acceptors (Lipinski definition) is 2. The lowest BCUT2D eigenvalue weighted by Gasteiger charge is -2.42. The fraction of sp³-hybridized carbons (Fsp3) is 0.462. The van der Waals surface area contributed by atoms with E-state index in [-0.39, 0.29) is 23.8 Å². The van der Waals surface area contributed by atoms with Gasteiger partial charge in [-0.05, 0) is 32.9 Å². The molecule has 0 aromatic heterocycles. The molecule has 1 aliphatic rings. The van der Waals surface area contributed by atoms with Crippen LogP contribution < -0.4 is 9.80 Å². The molecule has 0 fully saturated rings. The second-order valence-corrected chi connectivity index (χ2v) is 5.75. The summed E-state index contributed by atoms with van der Waals surface area (Å²) >= 11 is 3.30. The Labute approximate surface area is 115 Å². The van der Waals surface area contributed by atoms with Crippen LogP contribution in [0.2, 0.25) is 0 Å². The Hall–Kier alpha value is -1.10.